The maximum atomic E-state index is 10.0. The highest BCUT2D eigenvalue weighted by Crippen LogP contribution is 2.27. The molecule has 0 bridgehead atoms. The first kappa shape index (κ1) is 12.9. The molecule has 100 valence electrons. The summed E-state index contributed by atoms with van der Waals surface area (Å²) in [6.07, 6.45) is 1.69. The molecule has 1 heterocycles. The SMILES string of the molecule is Cc1ccc2c(C=Nc3cccc(Br)c3)c(O)[nH]c2c1. The standard InChI is InChI=1S/C16H13BrN2O/c1-10-5-6-13-14(16(20)19-15(13)7-10)9-18-12-4-2-3-11(17)8-12/h2-9,19-20H,1H3. The van der Waals surface area contributed by atoms with Gasteiger partial charge in [0, 0.05) is 21.6 Å². The van der Waals surface area contributed by atoms with Gasteiger partial charge in [-0.25, -0.2) is 0 Å². The van der Waals surface area contributed by atoms with Crippen LogP contribution in [-0.4, -0.2) is 16.3 Å². The average Bonchev–Trinajstić information content (AvgIpc) is 2.71. The Kier molecular flexibility index (Phi) is 3.32. The van der Waals surface area contributed by atoms with Gasteiger partial charge in [0.15, 0.2) is 5.88 Å². The molecule has 0 amide bonds. The van der Waals surface area contributed by atoms with E-state index in [-0.39, 0.29) is 5.88 Å². The van der Waals surface area contributed by atoms with Crippen LogP contribution in [0.3, 0.4) is 0 Å². The van der Waals surface area contributed by atoms with Gasteiger partial charge in [-0.2, -0.15) is 0 Å². The van der Waals surface area contributed by atoms with Gasteiger partial charge in [0.1, 0.15) is 0 Å². The quantitative estimate of drug-likeness (QED) is 0.658. The first-order valence-corrected chi connectivity index (χ1v) is 7.04. The second-order valence-corrected chi connectivity index (χ2v) is 5.59. The van der Waals surface area contributed by atoms with E-state index < -0.39 is 0 Å². The highest BCUT2D eigenvalue weighted by molar-refractivity contribution is 9.10. The summed E-state index contributed by atoms with van der Waals surface area (Å²) in [5, 5.41) is 11.0. The number of H-pyrrole nitrogens is 1. The van der Waals surface area contributed by atoms with Crippen molar-refractivity contribution in [2.75, 3.05) is 0 Å². The van der Waals surface area contributed by atoms with Gasteiger partial charge in [0.2, 0.25) is 0 Å². The van der Waals surface area contributed by atoms with E-state index in [1.54, 1.807) is 6.21 Å². The molecule has 0 unspecified atom stereocenters. The van der Waals surface area contributed by atoms with Gasteiger partial charge in [-0.3, -0.25) is 4.99 Å². The van der Waals surface area contributed by atoms with Gasteiger partial charge >= 0.3 is 0 Å². The third-order valence-corrected chi connectivity index (χ3v) is 3.62. The van der Waals surface area contributed by atoms with Crippen molar-refractivity contribution in [2.45, 2.75) is 6.92 Å². The minimum Gasteiger partial charge on any atom is -0.494 e. The lowest BCUT2D eigenvalue weighted by atomic mass is 10.1. The fraction of sp³-hybridized carbons (Fsp3) is 0.0625. The highest BCUT2D eigenvalue weighted by Gasteiger charge is 2.08. The van der Waals surface area contributed by atoms with Crippen molar-refractivity contribution in [1.82, 2.24) is 4.98 Å². The Labute approximate surface area is 125 Å². The summed E-state index contributed by atoms with van der Waals surface area (Å²) in [6, 6.07) is 13.7. The van der Waals surface area contributed by atoms with Crippen LogP contribution in [0.25, 0.3) is 10.9 Å². The van der Waals surface area contributed by atoms with Crippen LogP contribution in [0.4, 0.5) is 5.69 Å². The second kappa shape index (κ2) is 5.13. The van der Waals surface area contributed by atoms with Crippen LogP contribution in [0, 0.1) is 6.92 Å². The predicted octanol–water partition coefficient (Wildman–Crippen LogP) is 4.70. The lowest BCUT2D eigenvalue weighted by Gasteiger charge is -1.96. The summed E-state index contributed by atoms with van der Waals surface area (Å²) in [5.41, 5.74) is 3.60. The van der Waals surface area contributed by atoms with Crippen molar-refractivity contribution >= 4 is 38.7 Å². The van der Waals surface area contributed by atoms with E-state index in [9.17, 15) is 5.11 Å². The van der Waals surface area contributed by atoms with Crippen LogP contribution in [0.1, 0.15) is 11.1 Å². The molecule has 0 aliphatic carbocycles. The van der Waals surface area contributed by atoms with E-state index in [0.29, 0.717) is 5.56 Å². The summed E-state index contributed by atoms with van der Waals surface area (Å²) < 4.78 is 0.978. The number of nitrogens with one attached hydrogen (secondary N) is 1. The smallest absolute Gasteiger partial charge is 0.198 e. The van der Waals surface area contributed by atoms with Crippen molar-refractivity contribution < 1.29 is 5.11 Å². The number of benzene rings is 2. The summed E-state index contributed by atoms with van der Waals surface area (Å²) in [5.74, 6) is 0.143. The molecular weight excluding hydrogens is 316 g/mol. The number of halogens is 1. The minimum absolute atomic E-state index is 0.143. The van der Waals surface area contributed by atoms with Gasteiger partial charge in [-0.1, -0.05) is 34.1 Å². The number of aliphatic imine (C=N–C) groups is 1. The molecule has 0 radical (unpaired) electrons. The van der Waals surface area contributed by atoms with Crippen molar-refractivity contribution in [3.8, 4) is 5.88 Å². The molecule has 3 rings (SSSR count). The number of aromatic nitrogens is 1. The Morgan fingerprint density at radius 1 is 1.20 bits per heavy atom. The lowest BCUT2D eigenvalue weighted by molar-refractivity contribution is 0.457. The molecule has 3 aromatic rings. The Morgan fingerprint density at radius 2 is 2.05 bits per heavy atom. The molecule has 4 heteroatoms. The highest BCUT2D eigenvalue weighted by atomic mass is 79.9. The third-order valence-electron chi connectivity index (χ3n) is 3.12. The number of rotatable bonds is 2. The number of aromatic amines is 1. The van der Waals surface area contributed by atoms with Crippen LogP contribution < -0.4 is 0 Å². The fourth-order valence-corrected chi connectivity index (χ4v) is 2.53. The van der Waals surface area contributed by atoms with Crippen LogP contribution >= 0.6 is 15.9 Å². The molecule has 2 N–H and O–H groups in total. The largest absolute Gasteiger partial charge is 0.494 e. The van der Waals surface area contributed by atoms with Crippen LogP contribution in [-0.2, 0) is 0 Å². The molecule has 1 aromatic heterocycles. The van der Waals surface area contributed by atoms with E-state index in [1.165, 1.54) is 0 Å². The van der Waals surface area contributed by atoms with Crippen molar-refractivity contribution in [2.24, 2.45) is 4.99 Å². The molecule has 0 fully saturated rings. The van der Waals surface area contributed by atoms with Gasteiger partial charge in [0.25, 0.3) is 0 Å². The maximum Gasteiger partial charge on any atom is 0.198 e. The zero-order valence-electron chi connectivity index (χ0n) is 10.9. The predicted molar refractivity (Wildman–Crippen MR) is 86.1 cm³/mol. The fourth-order valence-electron chi connectivity index (χ4n) is 2.15. The van der Waals surface area contributed by atoms with Crippen molar-refractivity contribution in [3.05, 3.63) is 58.1 Å². The number of aromatic hydroxyl groups is 1. The van der Waals surface area contributed by atoms with Crippen molar-refractivity contribution in [3.63, 3.8) is 0 Å². The third kappa shape index (κ3) is 2.47. The maximum absolute atomic E-state index is 10.0. The number of nitrogens with zero attached hydrogens (tertiary/aromatic N) is 1. The second-order valence-electron chi connectivity index (χ2n) is 4.67. The number of fused-ring (bicyclic) bond motifs is 1. The molecular formula is C16H13BrN2O. The van der Waals surface area contributed by atoms with E-state index in [0.717, 1.165) is 26.6 Å². The van der Waals surface area contributed by atoms with E-state index in [1.807, 2.05) is 49.4 Å². The lowest BCUT2D eigenvalue weighted by Crippen LogP contribution is -1.79. The summed E-state index contributed by atoms with van der Waals surface area (Å²) >= 11 is 3.41. The van der Waals surface area contributed by atoms with E-state index in [2.05, 4.69) is 25.9 Å². The molecule has 0 saturated heterocycles. The number of aryl methyl sites for hydroxylation is 1. The minimum atomic E-state index is 0.143. The number of hydrogen-bond donors (Lipinski definition) is 2. The van der Waals surface area contributed by atoms with Gasteiger partial charge in [-0.15, -0.1) is 0 Å². The first-order chi connectivity index (χ1) is 9.63. The normalized spacial score (nSPS) is 11.5. The molecule has 0 aliphatic heterocycles. The number of hydrogen-bond acceptors (Lipinski definition) is 2. The Bertz CT molecular complexity index is 805. The first-order valence-electron chi connectivity index (χ1n) is 6.24. The van der Waals surface area contributed by atoms with E-state index >= 15 is 0 Å². The summed E-state index contributed by atoms with van der Waals surface area (Å²) in [6.45, 7) is 2.02. The van der Waals surface area contributed by atoms with Crippen LogP contribution in [0.5, 0.6) is 5.88 Å². The van der Waals surface area contributed by atoms with Crippen LogP contribution in [0.2, 0.25) is 0 Å². The van der Waals surface area contributed by atoms with Gasteiger partial charge < -0.3 is 10.1 Å². The molecule has 3 nitrogen and oxygen atoms in total. The zero-order valence-corrected chi connectivity index (χ0v) is 12.5. The average molecular weight is 329 g/mol. The topological polar surface area (TPSA) is 48.4 Å². The molecule has 20 heavy (non-hydrogen) atoms. The monoisotopic (exact) mass is 328 g/mol. The van der Waals surface area contributed by atoms with Gasteiger partial charge in [0.05, 0.1) is 11.3 Å². The Morgan fingerprint density at radius 3 is 2.85 bits per heavy atom. The van der Waals surface area contributed by atoms with Crippen LogP contribution in [0.15, 0.2) is 51.9 Å². The molecule has 0 spiro atoms. The molecule has 0 aliphatic rings. The van der Waals surface area contributed by atoms with Crippen molar-refractivity contribution in [1.29, 1.82) is 0 Å². The Balaban J connectivity index is 2.04. The summed E-state index contributed by atoms with van der Waals surface area (Å²) in [7, 11) is 0. The van der Waals surface area contributed by atoms with Gasteiger partial charge in [-0.05, 0) is 36.8 Å². The molecule has 2 aromatic carbocycles. The summed E-state index contributed by atoms with van der Waals surface area (Å²) in [4.78, 5) is 7.38. The van der Waals surface area contributed by atoms with E-state index in [4.69, 9.17) is 0 Å². The molecule has 0 atom stereocenters. The molecule has 0 saturated carbocycles. The zero-order chi connectivity index (χ0) is 14.1. The Hall–Kier alpha value is -2.07.